The molecule has 0 saturated heterocycles. The number of rotatable bonds is 2. The topological polar surface area (TPSA) is 4.93 Å². The van der Waals surface area contributed by atoms with Gasteiger partial charge in [-0.25, -0.2) is 0 Å². The van der Waals surface area contributed by atoms with Gasteiger partial charge in [-0.05, 0) is 0 Å². The van der Waals surface area contributed by atoms with Crippen molar-refractivity contribution in [3.63, 3.8) is 0 Å². The van der Waals surface area contributed by atoms with Gasteiger partial charge in [-0.15, -0.1) is 0 Å². The molecule has 194 valence electrons. The van der Waals surface area contributed by atoms with E-state index in [-0.39, 0.29) is 19.9 Å². The van der Waals surface area contributed by atoms with Crippen molar-refractivity contribution in [1.82, 2.24) is 4.57 Å². The Bertz CT molecular complexity index is 2330. The van der Waals surface area contributed by atoms with Gasteiger partial charge < -0.3 is 0 Å². The van der Waals surface area contributed by atoms with Crippen molar-refractivity contribution in [1.29, 1.82) is 0 Å². The maximum absolute atomic E-state index is 2.50. The van der Waals surface area contributed by atoms with Gasteiger partial charge in [0.2, 0.25) is 0 Å². The second kappa shape index (κ2) is 8.33. The van der Waals surface area contributed by atoms with Crippen LogP contribution in [0.1, 0.15) is 25.0 Å². The second-order valence-corrected chi connectivity index (χ2v) is 13.9. The van der Waals surface area contributed by atoms with E-state index in [0.717, 1.165) is 0 Å². The number of hydrogen-bond acceptors (Lipinski definition) is 0. The Morgan fingerprint density at radius 2 is 1.27 bits per heavy atom. The van der Waals surface area contributed by atoms with Crippen LogP contribution in [0.2, 0.25) is 0 Å². The van der Waals surface area contributed by atoms with E-state index in [1.54, 1.807) is 0 Å². The first-order chi connectivity index (χ1) is 20.1. The average Bonchev–Trinajstić information content (AvgIpc) is 3.64. The van der Waals surface area contributed by atoms with E-state index < -0.39 is 0 Å². The second-order valence-electron chi connectivity index (χ2n) is 11.7. The Morgan fingerprint density at radius 3 is 2.15 bits per heavy atom. The Labute approximate surface area is 245 Å². The number of benzene rings is 6. The summed E-state index contributed by atoms with van der Waals surface area (Å²) < 4.78 is 5.47. The molecule has 6 aromatic carbocycles. The van der Waals surface area contributed by atoms with E-state index in [9.17, 15) is 0 Å². The molecule has 0 bridgehead atoms. The van der Waals surface area contributed by atoms with Crippen molar-refractivity contribution in [3.8, 4) is 27.9 Å². The minimum absolute atomic E-state index is 0.0274. The van der Waals surface area contributed by atoms with Crippen LogP contribution >= 0.6 is 0 Å². The summed E-state index contributed by atoms with van der Waals surface area (Å²) in [6.45, 7) is 4.75. The standard InChI is InChI=1S/C39H27NSe/c1-39(2)32-17-9-6-14-26(32)27-21-20-24(22-33(27)39)30-23-31-28-15-7-10-18-34(28)40(25-12-4-3-5-13-25)37(31)38-36(30)29-16-8-11-19-35(29)41-38/h3-23H,1-2H3. The molecule has 0 radical (unpaired) electrons. The normalized spacial score (nSPS) is 13.8. The average molecular weight is 589 g/mol. The van der Waals surface area contributed by atoms with Crippen molar-refractivity contribution >= 4 is 55.6 Å². The summed E-state index contributed by atoms with van der Waals surface area (Å²) in [5, 5.41) is 5.47. The first kappa shape index (κ1) is 23.4. The fourth-order valence-electron chi connectivity index (χ4n) is 7.28. The monoisotopic (exact) mass is 589 g/mol. The Kier molecular flexibility index (Phi) is 4.75. The van der Waals surface area contributed by atoms with Crippen molar-refractivity contribution in [3.05, 3.63) is 139 Å². The number of para-hydroxylation sites is 2. The van der Waals surface area contributed by atoms with E-state index in [2.05, 4.69) is 146 Å². The molecule has 0 N–H and O–H groups in total. The van der Waals surface area contributed by atoms with Crippen LogP contribution < -0.4 is 0 Å². The molecule has 0 saturated carbocycles. The predicted molar refractivity (Wildman–Crippen MR) is 176 cm³/mol. The molecular weight excluding hydrogens is 561 g/mol. The molecule has 2 heterocycles. The summed E-state index contributed by atoms with van der Waals surface area (Å²) in [5.74, 6) is 0. The van der Waals surface area contributed by atoms with Crippen LogP contribution in [0.3, 0.4) is 0 Å². The van der Waals surface area contributed by atoms with Gasteiger partial charge in [0.05, 0.1) is 0 Å². The third kappa shape index (κ3) is 3.12. The van der Waals surface area contributed by atoms with E-state index in [1.807, 2.05) is 0 Å². The summed E-state index contributed by atoms with van der Waals surface area (Å²) in [4.78, 5) is 0. The van der Waals surface area contributed by atoms with Gasteiger partial charge in [0.15, 0.2) is 0 Å². The molecule has 0 atom stereocenters. The minimum atomic E-state index is -0.0274. The SMILES string of the molecule is CC1(C)c2ccccc2-c2ccc(-c3cc4c5ccccc5n(-c5ccccc5)c4c4[se]c5ccccc5c34)cc21. The van der Waals surface area contributed by atoms with Gasteiger partial charge in [0.1, 0.15) is 0 Å². The third-order valence-corrected chi connectivity index (χ3v) is 11.7. The fraction of sp³-hybridized carbons (Fsp3) is 0.0769. The van der Waals surface area contributed by atoms with Crippen molar-refractivity contribution in [2.24, 2.45) is 0 Å². The van der Waals surface area contributed by atoms with Crippen LogP contribution in [0.4, 0.5) is 0 Å². The molecule has 2 heteroatoms. The molecule has 41 heavy (non-hydrogen) atoms. The molecule has 0 unspecified atom stereocenters. The van der Waals surface area contributed by atoms with Crippen molar-refractivity contribution in [2.45, 2.75) is 19.3 Å². The van der Waals surface area contributed by atoms with Crippen LogP contribution in [0.5, 0.6) is 0 Å². The summed E-state index contributed by atoms with van der Waals surface area (Å²) >= 11 is 0.216. The summed E-state index contributed by atoms with van der Waals surface area (Å²) in [5.41, 5.74) is 12.1. The van der Waals surface area contributed by atoms with E-state index in [4.69, 9.17) is 0 Å². The number of fused-ring (bicyclic) bond motifs is 10. The van der Waals surface area contributed by atoms with E-state index in [0.29, 0.717) is 0 Å². The van der Waals surface area contributed by atoms with Gasteiger partial charge in [-0.2, -0.15) is 0 Å². The molecule has 0 spiro atoms. The first-order valence-electron chi connectivity index (χ1n) is 14.3. The van der Waals surface area contributed by atoms with Crippen molar-refractivity contribution < 1.29 is 0 Å². The molecular formula is C39H27NSe. The number of aromatic nitrogens is 1. The molecule has 8 aromatic rings. The van der Waals surface area contributed by atoms with Gasteiger partial charge in [0, 0.05) is 0 Å². The van der Waals surface area contributed by atoms with Gasteiger partial charge in [-0.1, -0.05) is 0 Å². The molecule has 2 aromatic heterocycles. The van der Waals surface area contributed by atoms with Gasteiger partial charge in [0.25, 0.3) is 0 Å². The molecule has 1 aliphatic carbocycles. The third-order valence-electron chi connectivity index (χ3n) is 9.19. The summed E-state index contributed by atoms with van der Waals surface area (Å²) in [6, 6.07) is 47.5. The molecule has 0 aliphatic heterocycles. The van der Waals surface area contributed by atoms with Gasteiger partial charge in [-0.3, -0.25) is 0 Å². The molecule has 1 nitrogen and oxygen atoms in total. The predicted octanol–water partition coefficient (Wildman–Crippen LogP) is 10.1. The van der Waals surface area contributed by atoms with Crippen LogP contribution in [-0.2, 0) is 5.41 Å². The fourth-order valence-corrected chi connectivity index (χ4v) is 9.93. The summed E-state index contributed by atoms with van der Waals surface area (Å²) in [7, 11) is 0. The number of nitrogens with zero attached hydrogens (tertiary/aromatic N) is 1. The van der Waals surface area contributed by atoms with E-state index >= 15 is 0 Å². The Balaban J connectivity index is 1.43. The zero-order chi connectivity index (χ0) is 27.3. The van der Waals surface area contributed by atoms with Crippen LogP contribution in [-0.4, -0.2) is 19.1 Å². The number of hydrogen-bond donors (Lipinski definition) is 0. The maximum atomic E-state index is 2.50. The van der Waals surface area contributed by atoms with E-state index in [1.165, 1.54) is 80.2 Å². The Morgan fingerprint density at radius 1 is 0.561 bits per heavy atom. The zero-order valence-electron chi connectivity index (χ0n) is 23.0. The van der Waals surface area contributed by atoms with Crippen molar-refractivity contribution in [2.75, 3.05) is 0 Å². The zero-order valence-corrected chi connectivity index (χ0v) is 24.7. The quantitative estimate of drug-likeness (QED) is 0.177. The summed E-state index contributed by atoms with van der Waals surface area (Å²) in [6.07, 6.45) is 0. The Hall–Kier alpha value is -4.36. The molecule has 1 aliphatic rings. The van der Waals surface area contributed by atoms with Gasteiger partial charge >= 0.3 is 246 Å². The first-order valence-corrected chi connectivity index (χ1v) is 16.0. The van der Waals surface area contributed by atoms with Crippen LogP contribution in [0, 0.1) is 0 Å². The molecule has 9 rings (SSSR count). The van der Waals surface area contributed by atoms with Crippen LogP contribution in [0.25, 0.3) is 69.0 Å². The van der Waals surface area contributed by atoms with Crippen LogP contribution in [0.15, 0.2) is 127 Å². The molecule has 0 fully saturated rings. The molecule has 0 amide bonds.